The molecule has 1 aliphatic carbocycles. The van der Waals surface area contributed by atoms with Crippen LogP contribution in [0.2, 0.25) is 0 Å². The number of carbonyl (C=O) groups excluding carboxylic acids is 1. The minimum absolute atomic E-state index is 0.0473. The summed E-state index contributed by atoms with van der Waals surface area (Å²) < 4.78 is 11.4. The van der Waals surface area contributed by atoms with Crippen molar-refractivity contribution in [1.29, 1.82) is 0 Å². The summed E-state index contributed by atoms with van der Waals surface area (Å²) in [5.74, 6) is 0.0435. The predicted octanol–water partition coefficient (Wildman–Crippen LogP) is 3.88. The highest BCUT2D eigenvalue weighted by Crippen LogP contribution is 2.56. The maximum absolute atomic E-state index is 12.1. The van der Waals surface area contributed by atoms with E-state index in [1.165, 1.54) is 56.4 Å². The van der Waals surface area contributed by atoms with Crippen molar-refractivity contribution < 1.29 is 19.2 Å². The van der Waals surface area contributed by atoms with Crippen molar-refractivity contribution in [2.45, 2.75) is 57.2 Å². The first-order valence-corrected chi connectivity index (χ1v) is 8.47. The van der Waals surface area contributed by atoms with Gasteiger partial charge in [0, 0.05) is 12.1 Å². The molecular formula is C18H23NO5. The van der Waals surface area contributed by atoms with E-state index in [2.05, 4.69) is 6.92 Å². The second kappa shape index (κ2) is 6.16. The van der Waals surface area contributed by atoms with Crippen LogP contribution in [-0.4, -0.2) is 28.7 Å². The Morgan fingerprint density at radius 2 is 1.88 bits per heavy atom. The Bertz CT molecular complexity index is 637. The first-order valence-electron chi connectivity index (χ1n) is 8.47. The first-order chi connectivity index (χ1) is 11.4. The molecule has 0 unspecified atom stereocenters. The number of nitrogens with zero attached hydrogens (tertiary/aromatic N) is 1. The van der Waals surface area contributed by atoms with Crippen molar-refractivity contribution in [3.63, 3.8) is 0 Å². The molecule has 2 atom stereocenters. The number of rotatable bonds is 5. The molecule has 2 fully saturated rings. The highest BCUT2D eigenvalue weighted by atomic mass is 16.7. The van der Waals surface area contributed by atoms with Gasteiger partial charge >= 0.3 is 5.97 Å². The van der Waals surface area contributed by atoms with Crippen molar-refractivity contribution in [3.8, 4) is 0 Å². The minimum atomic E-state index is -0.496. The summed E-state index contributed by atoms with van der Waals surface area (Å²) in [5.41, 5.74) is -0.396. The van der Waals surface area contributed by atoms with E-state index in [1.54, 1.807) is 0 Å². The number of ether oxygens (including phenoxy) is 2. The topological polar surface area (TPSA) is 82.0 Å². The van der Waals surface area contributed by atoms with Gasteiger partial charge in [-0.15, -0.1) is 0 Å². The third-order valence-corrected chi connectivity index (χ3v) is 5.62. The third kappa shape index (κ3) is 3.02. The lowest BCUT2D eigenvalue weighted by molar-refractivity contribution is -0.384. The van der Waals surface area contributed by atoms with Crippen LogP contribution in [0.25, 0.3) is 0 Å². The molecule has 0 radical (unpaired) electrons. The fourth-order valence-corrected chi connectivity index (χ4v) is 3.79. The number of epoxide rings is 1. The molecular weight excluding hydrogens is 310 g/mol. The number of carbonyl (C=O) groups is 1. The van der Waals surface area contributed by atoms with Crippen molar-refractivity contribution in [3.05, 3.63) is 39.9 Å². The van der Waals surface area contributed by atoms with Crippen molar-refractivity contribution in [2.24, 2.45) is 5.92 Å². The van der Waals surface area contributed by atoms with Gasteiger partial charge in [-0.05, 0) is 44.7 Å². The van der Waals surface area contributed by atoms with Crippen LogP contribution in [0.15, 0.2) is 24.3 Å². The fourth-order valence-electron chi connectivity index (χ4n) is 3.79. The maximum atomic E-state index is 12.1. The lowest BCUT2D eigenvalue weighted by Gasteiger charge is -2.27. The number of benzene rings is 1. The summed E-state index contributed by atoms with van der Waals surface area (Å²) in [4.78, 5) is 22.3. The molecule has 0 spiro atoms. The normalized spacial score (nSPS) is 29.9. The largest absolute Gasteiger partial charge is 0.459 e. The molecule has 0 amide bonds. The number of hydrogen-bond acceptors (Lipinski definition) is 5. The molecule has 1 saturated heterocycles. The Morgan fingerprint density at radius 1 is 1.25 bits per heavy atom. The molecule has 0 bridgehead atoms. The molecule has 1 saturated carbocycles. The number of nitro benzene ring substituents is 1. The van der Waals surface area contributed by atoms with E-state index in [0.717, 1.165) is 0 Å². The lowest BCUT2D eigenvalue weighted by atomic mass is 9.75. The fraction of sp³-hybridized carbons (Fsp3) is 0.611. The molecule has 1 aliphatic heterocycles. The molecule has 2 aliphatic rings. The summed E-state index contributed by atoms with van der Waals surface area (Å²) in [6.45, 7) is 4.31. The smallest absolute Gasteiger partial charge is 0.338 e. The lowest BCUT2D eigenvalue weighted by Crippen LogP contribution is -2.34. The van der Waals surface area contributed by atoms with E-state index >= 15 is 0 Å². The molecule has 130 valence electrons. The van der Waals surface area contributed by atoms with Crippen LogP contribution in [0.3, 0.4) is 0 Å². The Morgan fingerprint density at radius 3 is 2.46 bits per heavy atom. The van der Waals surface area contributed by atoms with Crippen LogP contribution >= 0.6 is 0 Å². The van der Waals surface area contributed by atoms with Crippen molar-refractivity contribution >= 4 is 11.7 Å². The standard InChI is InChI=1S/C18H23NO5/c1-17(18(2,24-17)14-6-4-3-5-7-14)12-23-16(20)13-8-10-15(11-9-13)19(21)22/h8-11,14H,3-7,12H2,1-2H3/t17-,18+/m0/s1. The summed E-state index contributed by atoms with van der Waals surface area (Å²) in [6.07, 6.45) is 6.10. The third-order valence-electron chi connectivity index (χ3n) is 5.62. The van der Waals surface area contributed by atoms with Crippen molar-refractivity contribution in [2.75, 3.05) is 6.61 Å². The zero-order valence-corrected chi connectivity index (χ0v) is 14.1. The molecule has 24 heavy (non-hydrogen) atoms. The van der Waals surface area contributed by atoms with Crippen LogP contribution in [0.5, 0.6) is 0 Å². The second-order valence-corrected chi connectivity index (χ2v) is 7.16. The average molecular weight is 333 g/mol. The molecule has 1 aromatic carbocycles. The van der Waals surface area contributed by atoms with Crippen LogP contribution in [-0.2, 0) is 9.47 Å². The number of hydrogen-bond donors (Lipinski definition) is 0. The highest BCUT2D eigenvalue weighted by Gasteiger charge is 2.67. The number of nitro groups is 1. The van der Waals surface area contributed by atoms with E-state index in [4.69, 9.17) is 9.47 Å². The van der Waals surface area contributed by atoms with Crippen LogP contribution in [0.1, 0.15) is 56.3 Å². The number of esters is 1. The van der Waals surface area contributed by atoms with Gasteiger partial charge in [-0.1, -0.05) is 19.3 Å². The van der Waals surface area contributed by atoms with Gasteiger partial charge in [0.05, 0.1) is 10.5 Å². The van der Waals surface area contributed by atoms with Gasteiger partial charge in [-0.3, -0.25) is 10.1 Å². The van der Waals surface area contributed by atoms with E-state index in [-0.39, 0.29) is 17.9 Å². The highest BCUT2D eigenvalue weighted by molar-refractivity contribution is 5.89. The zero-order valence-electron chi connectivity index (χ0n) is 14.1. The van der Waals surface area contributed by atoms with E-state index < -0.39 is 16.5 Å². The Balaban J connectivity index is 1.57. The zero-order chi connectivity index (χ0) is 17.4. The van der Waals surface area contributed by atoms with E-state index in [1.807, 2.05) is 6.92 Å². The predicted molar refractivity (Wildman–Crippen MR) is 87.8 cm³/mol. The van der Waals surface area contributed by atoms with Crippen LogP contribution < -0.4 is 0 Å². The van der Waals surface area contributed by atoms with Gasteiger partial charge in [0.15, 0.2) is 0 Å². The average Bonchev–Trinajstić information content (AvgIpc) is 3.17. The van der Waals surface area contributed by atoms with Crippen molar-refractivity contribution in [1.82, 2.24) is 0 Å². The summed E-state index contributed by atoms with van der Waals surface area (Å²) >= 11 is 0. The number of non-ortho nitro benzene ring substituents is 1. The molecule has 6 heteroatoms. The summed E-state index contributed by atoms with van der Waals surface area (Å²) in [6, 6.07) is 5.43. The Kier molecular flexibility index (Phi) is 4.34. The quantitative estimate of drug-likeness (QED) is 0.353. The van der Waals surface area contributed by atoms with Crippen LogP contribution in [0.4, 0.5) is 5.69 Å². The maximum Gasteiger partial charge on any atom is 0.338 e. The van der Waals surface area contributed by atoms with Gasteiger partial charge in [0.2, 0.25) is 0 Å². The minimum Gasteiger partial charge on any atom is -0.459 e. The Labute approximate surface area is 141 Å². The monoisotopic (exact) mass is 333 g/mol. The van der Waals surface area contributed by atoms with Gasteiger partial charge in [0.1, 0.15) is 17.8 Å². The molecule has 3 rings (SSSR count). The van der Waals surface area contributed by atoms with E-state index in [0.29, 0.717) is 11.5 Å². The molecule has 0 aromatic heterocycles. The SMILES string of the molecule is C[C@@]1(COC(=O)c2ccc([N+](=O)[O-])cc2)O[C@]1(C)C1CCCCC1. The molecule has 6 nitrogen and oxygen atoms in total. The molecule has 0 N–H and O–H groups in total. The van der Waals surface area contributed by atoms with Gasteiger partial charge < -0.3 is 9.47 Å². The second-order valence-electron chi connectivity index (χ2n) is 7.16. The molecule has 1 aromatic rings. The van der Waals surface area contributed by atoms with Gasteiger partial charge in [-0.2, -0.15) is 0 Å². The Hall–Kier alpha value is -1.95. The van der Waals surface area contributed by atoms with E-state index in [9.17, 15) is 14.9 Å². The summed E-state index contributed by atoms with van der Waals surface area (Å²) in [7, 11) is 0. The van der Waals surface area contributed by atoms with Gasteiger partial charge in [0.25, 0.3) is 5.69 Å². The van der Waals surface area contributed by atoms with Gasteiger partial charge in [-0.25, -0.2) is 4.79 Å². The first kappa shape index (κ1) is 16.9. The summed E-state index contributed by atoms with van der Waals surface area (Å²) in [5, 5.41) is 10.6. The van der Waals surface area contributed by atoms with Crippen LogP contribution in [0, 0.1) is 16.0 Å². The molecule has 1 heterocycles.